The molecule has 1 aromatic carbocycles. The largest absolute Gasteiger partial charge is 0.327 e. The fraction of sp³-hybridized carbons (Fsp3) is 0.533. The van der Waals surface area contributed by atoms with Gasteiger partial charge in [0.1, 0.15) is 0 Å². The summed E-state index contributed by atoms with van der Waals surface area (Å²) in [6, 6.07) is 8.60. The zero-order chi connectivity index (χ0) is 13.1. The second-order valence-corrected chi connectivity index (χ2v) is 5.56. The summed E-state index contributed by atoms with van der Waals surface area (Å²) in [4.78, 5) is 2.46. The molecule has 0 spiro atoms. The lowest BCUT2D eigenvalue weighted by atomic mass is 10.0. The summed E-state index contributed by atoms with van der Waals surface area (Å²) < 4.78 is 0. The van der Waals surface area contributed by atoms with Crippen LogP contribution in [0.4, 0.5) is 0 Å². The maximum absolute atomic E-state index is 6.17. The number of rotatable bonds is 2. The summed E-state index contributed by atoms with van der Waals surface area (Å²) >= 11 is 0. The van der Waals surface area contributed by atoms with Gasteiger partial charge in [-0.15, -0.1) is 0 Å². The van der Waals surface area contributed by atoms with Crippen molar-refractivity contribution >= 4 is 10.9 Å². The Morgan fingerprint density at radius 1 is 1.26 bits per heavy atom. The minimum Gasteiger partial charge on any atom is -0.327 e. The van der Waals surface area contributed by atoms with E-state index in [0.29, 0.717) is 6.04 Å². The number of likely N-dealkylation sites (tertiary alicyclic amines) is 1. The molecule has 102 valence electrons. The van der Waals surface area contributed by atoms with E-state index in [9.17, 15) is 0 Å². The third-order valence-electron chi connectivity index (χ3n) is 3.96. The summed E-state index contributed by atoms with van der Waals surface area (Å²) in [5.41, 5.74) is 8.43. The van der Waals surface area contributed by atoms with Crippen LogP contribution in [0.3, 0.4) is 0 Å². The Labute approximate surface area is 114 Å². The fourth-order valence-corrected chi connectivity index (χ4v) is 2.93. The minimum atomic E-state index is 0.314. The summed E-state index contributed by atoms with van der Waals surface area (Å²) in [6.07, 6.45) is 5.01. The van der Waals surface area contributed by atoms with Gasteiger partial charge in [0.05, 0.1) is 11.2 Å². The molecule has 1 fully saturated rings. The first-order chi connectivity index (χ1) is 9.33. The van der Waals surface area contributed by atoms with Crippen molar-refractivity contribution in [2.24, 2.45) is 5.73 Å². The van der Waals surface area contributed by atoms with Crippen LogP contribution in [-0.4, -0.2) is 34.2 Å². The van der Waals surface area contributed by atoms with Crippen LogP contribution in [-0.2, 0) is 6.54 Å². The molecule has 1 aliphatic rings. The number of nitrogens with zero attached hydrogens (tertiary/aromatic N) is 2. The first kappa shape index (κ1) is 12.6. The van der Waals surface area contributed by atoms with Crippen LogP contribution in [0, 0.1) is 0 Å². The SMILES string of the molecule is NC1CCCCCN(Cc2[nH]nc3ccccc23)C1. The van der Waals surface area contributed by atoms with Crippen LogP contribution in [0.25, 0.3) is 10.9 Å². The lowest BCUT2D eigenvalue weighted by Gasteiger charge is -2.27. The second-order valence-electron chi connectivity index (χ2n) is 5.56. The van der Waals surface area contributed by atoms with Crippen molar-refractivity contribution in [2.45, 2.75) is 38.3 Å². The van der Waals surface area contributed by atoms with Gasteiger partial charge in [0.2, 0.25) is 0 Å². The average molecular weight is 258 g/mol. The van der Waals surface area contributed by atoms with Gasteiger partial charge < -0.3 is 5.73 Å². The number of aromatic amines is 1. The molecule has 4 nitrogen and oxygen atoms in total. The fourth-order valence-electron chi connectivity index (χ4n) is 2.93. The van der Waals surface area contributed by atoms with Gasteiger partial charge in [-0.1, -0.05) is 31.0 Å². The van der Waals surface area contributed by atoms with E-state index in [1.165, 1.54) is 30.3 Å². The monoisotopic (exact) mass is 258 g/mol. The third-order valence-corrected chi connectivity index (χ3v) is 3.96. The van der Waals surface area contributed by atoms with E-state index < -0.39 is 0 Å². The van der Waals surface area contributed by atoms with Crippen LogP contribution in [0.1, 0.15) is 31.4 Å². The normalized spacial score (nSPS) is 22.3. The van der Waals surface area contributed by atoms with Crippen molar-refractivity contribution in [1.82, 2.24) is 15.1 Å². The summed E-state index contributed by atoms with van der Waals surface area (Å²) in [5, 5.41) is 8.78. The zero-order valence-corrected chi connectivity index (χ0v) is 11.3. The Hall–Kier alpha value is -1.39. The van der Waals surface area contributed by atoms with E-state index in [2.05, 4.69) is 33.3 Å². The number of nitrogens with two attached hydrogens (primary N) is 1. The Morgan fingerprint density at radius 2 is 2.16 bits per heavy atom. The third kappa shape index (κ3) is 2.96. The van der Waals surface area contributed by atoms with E-state index >= 15 is 0 Å². The number of fused-ring (bicyclic) bond motifs is 1. The number of nitrogens with one attached hydrogen (secondary N) is 1. The molecule has 1 atom stereocenters. The number of para-hydroxylation sites is 1. The minimum absolute atomic E-state index is 0.314. The molecule has 2 heterocycles. The molecule has 2 aromatic rings. The molecule has 0 bridgehead atoms. The predicted octanol–water partition coefficient (Wildman–Crippen LogP) is 2.27. The molecule has 1 saturated heterocycles. The quantitative estimate of drug-likeness (QED) is 0.868. The summed E-state index contributed by atoms with van der Waals surface area (Å²) in [5.74, 6) is 0. The highest BCUT2D eigenvalue weighted by atomic mass is 15.2. The van der Waals surface area contributed by atoms with Crippen molar-refractivity contribution in [3.05, 3.63) is 30.0 Å². The molecule has 19 heavy (non-hydrogen) atoms. The van der Waals surface area contributed by atoms with E-state index in [4.69, 9.17) is 5.73 Å². The Kier molecular flexibility index (Phi) is 3.80. The topological polar surface area (TPSA) is 57.9 Å². The van der Waals surface area contributed by atoms with Gasteiger partial charge in [0, 0.05) is 24.5 Å². The number of H-pyrrole nitrogens is 1. The van der Waals surface area contributed by atoms with Crippen LogP contribution < -0.4 is 5.73 Å². The van der Waals surface area contributed by atoms with E-state index in [-0.39, 0.29) is 0 Å². The number of benzene rings is 1. The van der Waals surface area contributed by atoms with Crippen molar-refractivity contribution in [3.63, 3.8) is 0 Å². The smallest absolute Gasteiger partial charge is 0.0924 e. The molecule has 3 rings (SSSR count). The summed E-state index contributed by atoms with van der Waals surface area (Å²) in [7, 11) is 0. The van der Waals surface area contributed by atoms with E-state index in [1.807, 2.05) is 6.07 Å². The standard InChI is InChI=1S/C15H22N4/c16-12-6-2-1-5-9-19(10-12)11-15-13-7-3-4-8-14(13)17-18-15/h3-4,7-8,12H,1-2,5-6,9-11,16H2,(H,17,18). The van der Waals surface area contributed by atoms with Gasteiger partial charge in [-0.25, -0.2) is 0 Å². The van der Waals surface area contributed by atoms with Gasteiger partial charge in [-0.3, -0.25) is 10.00 Å². The highest BCUT2D eigenvalue weighted by Crippen LogP contribution is 2.18. The van der Waals surface area contributed by atoms with E-state index in [1.54, 1.807) is 0 Å². The van der Waals surface area contributed by atoms with Gasteiger partial charge in [-0.2, -0.15) is 5.10 Å². The maximum Gasteiger partial charge on any atom is 0.0924 e. The molecule has 0 saturated carbocycles. The van der Waals surface area contributed by atoms with Crippen LogP contribution in [0.15, 0.2) is 24.3 Å². The molecule has 1 unspecified atom stereocenters. The molecule has 0 radical (unpaired) electrons. The molecule has 0 amide bonds. The van der Waals surface area contributed by atoms with Crippen LogP contribution in [0.5, 0.6) is 0 Å². The lowest BCUT2D eigenvalue weighted by Crippen LogP contribution is -2.39. The lowest BCUT2D eigenvalue weighted by molar-refractivity contribution is 0.222. The van der Waals surface area contributed by atoms with Crippen LogP contribution in [0.2, 0.25) is 0 Å². The van der Waals surface area contributed by atoms with Gasteiger partial charge in [0.15, 0.2) is 0 Å². The highest BCUT2D eigenvalue weighted by molar-refractivity contribution is 5.81. The Morgan fingerprint density at radius 3 is 3.11 bits per heavy atom. The molecular formula is C15H22N4. The van der Waals surface area contributed by atoms with Gasteiger partial charge in [-0.05, 0) is 25.5 Å². The Bertz CT molecular complexity index is 534. The maximum atomic E-state index is 6.17. The molecule has 4 heteroatoms. The summed E-state index contributed by atoms with van der Waals surface area (Å²) in [6.45, 7) is 3.06. The molecular weight excluding hydrogens is 236 g/mol. The molecule has 3 N–H and O–H groups in total. The van der Waals surface area contributed by atoms with E-state index in [0.717, 1.165) is 31.6 Å². The van der Waals surface area contributed by atoms with Crippen molar-refractivity contribution < 1.29 is 0 Å². The first-order valence-corrected chi connectivity index (χ1v) is 7.23. The number of hydrogen-bond donors (Lipinski definition) is 2. The van der Waals surface area contributed by atoms with Gasteiger partial charge >= 0.3 is 0 Å². The van der Waals surface area contributed by atoms with Crippen molar-refractivity contribution in [3.8, 4) is 0 Å². The molecule has 0 aliphatic carbocycles. The highest BCUT2D eigenvalue weighted by Gasteiger charge is 2.15. The molecule has 1 aliphatic heterocycles. The van der Waals surface area contributed by atoms with Crippen molar-refractivity contribution in [2.75, 3.05) is 13.1 Å². The average Bonchev–Trinajstić information content (AvgIpc) is 2.79. The van der Waals surface area contributed by atoms with Crippen LogP contribution >= 0.6 is 0 Å². The predicted molar refractivity (Wildman–Crippen MR) is 77.8 cm³/mol. The zero-order valence-electron chi connectivity index (χ0n) is 11.3. The Balaban J connectivity index is 1.75. The number of aromatic nitrogens is 2. The van der Waals surface area contributed by atoms with Crippen molar-refractivity contribution in [1.29, 1.82) is 0 Å². The molecule has 1 aromatic heterocycles. The second kappa shape index (κ2) is 5.72. The first-order valence-electron chi connectivity index (χ1n) is 7.23. The number of hydrogen-bond acceptors (Lipinski definition) is 3. The van der Waals surface area contributed by atoms with Gasteiger partial charge in [0.25, 0.3) is 0 Å².